The highest BCUT2D eigenvalue weighted by Gasteiger charge is 2.28. The van der Waals surface area contributed by atoms with Gasteiger partial charge in [0, 0.05) is 49.4 Å². The summed E-state index contributed by atoms with van der Waals surface area (Å²) in [6.07, 6.45) is 5.59. The van der Waals surface area contributed by atoms with E-state index in [1.54, 1.807) is 35.2 Å². The van der Waals surface area contributed by atoms with Crippen LogP contribution >= 0.6 is 0 Å². The van der Waals surface area contributed by atoms with Crippen molar-refractivity contribution < 1.29 is 23.6 Å². The number of hydrogen-bond donors (Lipinski definition) is 3. The third-order valence-electron chi connectivity index (χ3n) is 7.00. The van der Waals surface area contributed by atoms with E-state index < -0.39 is 11.8 Å². The Hall–Kier alpha value is -4.59. The van der Waals surface area contributed by atoms with E-state index in [0.29, 0.717) is 49.4 Å². The van der Waals surface area contributed by atoms with Crippen molar-refractivity contribution in [1.82, 2.24) is 25.2 Å². The quantitative estimate of drug-likeness (QED) is 0.364. The molecule has 2 aliphatic heterocycles. The van der Waals surface area contributed by atoms with E-state index in [1.165, 1.54) is 6.42 Å². The highest BCUT2D eigenvalue weighted by molar-refractivity contribution is 5.97. The zero-order valence-electron chi connectivity index (χ0n) is 24.6. The van der Waals surface area contributed by atoms with Crippen molar-refractivity contribution in [1.29, 1.82) is 0 Å². The second-order valence-corrected chi connectivity index (χ2v) is 10.1. The maximum Gasteiger partial charge on any atom is 0.273 e. The molecule has 43 heavy (non-hydrogen) atoms. The average molecular weight is 594 g/mol. The van der Waals surface area contributed by atoms with Gasteiger partial charge in [0.25, 0.3) is 17.7 Å². The van der Waals surface area contributed by atoms with Crippen molar-refractivity contribution in [2.45, 2.75) is 51.9 Å². The lowest BCUT2D eigenvalue weighted by Crippen LogP contribution is -2.40. The molecule has 3 fully saturated rings. The van der Waals surface area contributed by atoms with Gasteiger partial charge < -0.3 is 35.8 Å². The van der Waals surface area contributed by atoms with Crippen LogP contribution in [0, 0.1) is 0 Å². The Morgan fingerprint density at radius 2 is 1.58 bits per heavy atom. The summed E-state index contributed by atoms with van der Waals surface area (Å²) in [5, 5.41) is 14.7. The second-order valence-electron chi connectivity index (χ2n) is 10.1. The molecule has 1 saturated carbocycles. The second kappa shape index (κ2) is 15.0. The van der Waals surface area contributed by atoms with Crippen molar-refractivity contribution in [2.75, 3.05) is 49.6 Å². The van der Waals surface area contributed by atoms with E-state index >= 15 is 0 Å². The molecule has 4 heterocycles. The summed E-state index contributed by atoms with van der Waals surface area (Å²) in [6.45, 7) is 8.01. The molecule has 14 heteroatoms. The number of nitrogens with one attached hydrogen (secondary N) is 1. The van der Waals surface area contributed by atoms with Crippen molar-refractivity contribution >= 4 is 35.2 Å². The minimum Gasteiger partial charge on any atom is -0.378 e. The number of rotatable bonds is 7. The van der Waals surface area contributed by atoms with Crippen LogP contribution in [0.5, 0.6) is 0 Å². The SMILES string of the molecule is CC.NC(=O)c1cc(C2CC2)on1.NC(=O)c1nnc(N2CCCCC2)nc1Nc1ccc(C(=O)N2CCOCC2)cc1. The van der Waals surface area contributed by atoms with Crippen LogP contribution in [0.3, 0.4) is 0 Å². The number of anilines is 3. The standard InChI is InChI=1S/C20H25N7O3.C7H8N2O2.C2H6/c21-17(28)16-18(23-20(25-24-16)27-8-2-1-3-9-27)22-15-6-4-14(5-7-15)19(29)26-10-12-30-13-11-26;8-7(10)5-3-6(11-9-5)4-1-2-4;1-2/h4-7H,1-3,8-13H2,(H2,21,28)(H,22,23,25);3-4H,1-2H2,(H2,8,10);1-2H3. The number of morpholine rings is 1. The first-order chi connectivity index (χ1) is 20.9. The van der Waals surface area contributed by atoms with Gasteiger partial charge in [0.1, 0.15) is 5.76 Å². The number of primary amides is 2. The number of hydrogen-bond acceptors (Lipinski definition) is 11. The molecule has 2 aromatic heterocycles. The zero-order chi connectivity index (χ0) is 30.8. The van der Waals surface area contributed by atoms with Crippen molar-refractivity contribution in [3.63, 3.8) is 0 Å². The normalized spacial score (nSPS) is 16.2. The van der Waals surface area contributed by atoms with Crippen molar-refractivity contribution in [2.24, 2.45) is 11.5 Å². The molecule has 230 valence electrons. The van der Waals surface area contributed by atoms with Crippen LogP contribution in [0.15, 0.2) is 34.9 Å². The van der Waals surface area contributed by atoms with E-state index in [4.69, 9.17) is 20.7 Å². The minimum absolute atomic E-state index is 0.0239. The van der Waals surface area contributed by atoms with Gasteiger partial charge in [-0.15, -0.1) is 10.2 Å². The highest BCUT2D eigenvalue weighted by Crippen LogP contribution is 2.40. The number of nitrogens with two attached hydrogens (primary N) is 2. The summed E-state index contributed by atoms with van der Waals surface area (Å²) in [7, 11) is 0. The van der Waals surface area contributed by atoms with Crippen LogP contribution in [0.2, 0.25) is 0 Å². The summed E-state index contributed by atoms with van der Waals surface area (Å²) >= 11 is 0. The van der Waals surface area contributed by atoms with Crippen LogP contribution in [0.25, 0.3) is 0 Å². The first-order valence-electron chi connectivity index (χ1n) is 14.7. The Labute approximate surface area is 250 Å². The van der Waals surface area contributed by atoms with Crippen LogP contribution < -0.4 is 21.7 Å². The maximum atomic E-state index is 12.6. The Morgan fingerprint density at radius 1 is 0.907 bits per heavy atom. The third kappa shape index (κ3) is 8.47. The van der Waals surface area contributed by atoms with E-state index in [-0.39, 0.29) is 23.1 Å². The molecule has 2 saturated heterocycles. The molecule has 0 radical (unpaired) electrons. The van der Waals surface area contributed by atoms with Gasteiger partial charge in [0.05, 0.1) is 13.2 Å². The topological polar surface area (TPSA) is 196 Å². The highest BCUT2D eigenvalue weighted by atomic mass is 16.5. The van der Waals surface area contributed by atoms with E-state index in [9.17, 15) is 14.4 Å². The molecule has 3 aliphatic rings. The van der Waals surface area contributed by atoms with Gasteiger partial charge in [-0.05, 0) is 56.4 Å². The van der Waals surface area contributed by atoms with Crippen LogP contribution in [0.1, 0.15) is 89.0 Å². The largest absolute Gasteiger partial charge is 0.378 e. The predicted octanol–water partition coefficient (Wildman–Crippen LogP) is 2.85. The fraction of sp³-hybridized carbons (Fsp3) is 0.483. The number of piperidine rings is 1. The number of nitrogens with zero attached hydrogens (tertiary/aromatic N) is 6. The summed E-state index contributed by atoms with van der Waals surface area (Å²) in [5.74, 6) is 0.738. The Morgan fingerprint density at radius 3 is 2.16 bits per heavy atom. The molecule has 0 bridgehead atoms. The molecule has 1 aliphatic carbocycles. The number of carbonyl (C=O) groups excluding carboxylic acids is 3. The van der Waals surface area contributed by atoms with Crippen LogP contribution in [-0.4, -0.2) is 82.4 Å². The van der Waals surface area contributed by atoms with Gasteiger partial charge in [-0.1, -0.05) is 19.0 Å². The van der Waals surface area contributed by atoms with Gasteiger partial charge in [0.15, 0.2) is 17.2 Å². The molecule has 0 spiro atoms. The van der Waals surface area contributed by atoms with Crippen molar-refractivity contribution in [3.8, 4) is 0 Å². The number of ether oxygens (including phenoxy) is 1. The lowest BCUT2D eigenvalue weighted by Gasteiger charge is -2.27. The van der Waals surface area contributed by atoms with Crippen molar-refractivity contribution in [3.05, 3.63) is 53.0 Å². The predicted molar refractivity (Wildman–Crippen MR) is 159 cm³/mol. The van der Waals surface area contributed by atoms with E-state index in [0.717, 1.165) is 44.5 Å². The lowest BCUT2D eigenvalue weighted by atomic mass is 10.1. The Balaban J connectivity index is 0.000000270. The van der Waals surface area contributed by atoms with Crippen LogP contribution in [0.4, 0.5) is 17.5 Å². The third-order valence-corrected chi connectivity index (χ3v) is 7.00. The lowest BCUT2D eigenvalue weighted by molar-refractivity contribution is 0.0303. The monoisotopic (exact) mass is 593 g/mol. The zero-order valence-corrected chi connectivity index (χ0v) is 24.6. The summed E-state index contributed by atoms with van der Waals surface area (Å²) < 4.78 is 10.2. The van der Waals surface area contributed by atoms with Gasteiger partial charge in [-0.25, -0.2) is 0 Å². The Kier molecular flexibility index (Phi) is 11.0. The van der Waals surface area contributed by atoms with Gasteiger partial charge in [-0.3, -0.25) is 14.4 Å². The van der Waals surface area contributed by atoms with Gasteiger partial charge in [-0.2, -0.15) is 4.98 Å². The van der Waals surface area contributed by atoms with Gasteiger partial charge in [0.2, 0.25) is 5.95 Å². The summed E-state index contributed by atoms with van der Waals surface area (Å²) in [6, 6.07) is 8.64. The molecule has 0 unspecified atom stereocenters. The molecule has 0 atom stereocenters. The summed E-state index contributed by atoms with van der Waals surface area (Å²) in [4.78, 5) is 43.2. The minimum atomic E-state index is -0.707. The van der Waals surface area contributed by atoms with Gasteiger partial charge >= 0.3 is 0 Å². The average Bonchev–Trinajstić information content (AvgIpc) is 3.78. The Bertz CT molecular complexity index is 1380. The number of aromatic nitrogens is 4. The number of amides is 3. The fourth-order valence-corrected chi connectivity index (χ4v) is 4.55. The molecular formula is C29H39N9O5. The van der Waals surface area contributed by atoms with Crippen LogP contribution in [-0.2, 0) is 4.74 Å². The smallest absolute Gasteiger partial charge is 0.273 e. The first kappa shape index (κ1) is 31.3. The molecular weight excluding hydrogens is 554 g/mol. The number of carbonyl (C=O) groups is 3. The number of benzene rings is 1. The maximum absolute atomic E-state index is 12.6. The first-order valence-corrected chi connectivity index (χ1v) is 14.7. The molecule has 3 amide bonds. The molecule has 5 N–H and O–H groups in total. The van der Waals surface area contributed by atoms with E-state index in [2.05, 4.69) is 30.6 Å². The molecule has 6 rings (SSSR count). The fourth-order valence-electron chi connectivity index (χ4n) is 4.55. The summed E-state index contributed by atoms with van der Waals surface area (Å²) in [5.41, 5.74) is 11.9. The molecule has 1 aromatic carbocycles. The molecule has 3 aromatic rings. The van der Waals surface area contributed by atoms with E-state index in [1.807, 2.05) is 13.8 Å². The molecule has 14 nitrogen and oxygen atoms in total.